The van der Waals surface area contributed by atoms with Crippen molar-refractivity contribution >= 4 is 24.0 Å². The van der Waals surface area contributed by atoms with Gasteiger partial charge in [0.25, 0.3) is 5.56 Å². The van der Waals surface area contributed by atoms with E-state index in [1.807, 2.05) is 65.2 Å². The summed E-state index contributed by atoms with van der Waals surface area (Å²) in [7, 11) is 0. The van der Waals surface area contributed by atoms with Crippen molar-refractivity contribution in [3.05, 3.63) is 81.9 Å². The minimum atomic E-state index is -0.107. The van der Waals surface area contributed by atoms with Crippen molar-refractivity contribution in [1.82, 2.24) is 9.13 Å². The molecule has 0 aliphatic rings. The van der Waals surface area contributed by atoms with E-state index in [1.165, 1.54) is 0 Å². The van der Waals surface area contributed by atoms with E-state index in [0.717, 1.165) is 22.2 Å². The summed E-state index contributed by atoms with van der Waals surface area (Å²) in [5.74, 6) is 0.871. The van der Waals surface area contributed by atoms with Gasteiger partial charge < -0.3 is 0 Å². The SMILES string of the molecule is CCSc1cc(=O)n(-c2ccccc2)c(=S)n1-c1ccccc1. The van der Waals surface area contributed by atoms with E-state index in [1.54, 1.807) is 22.4 Å². The average molecular weight is 340 g/mol. The first-order valence-corrected chi connectivity index (χ1v) is 8.74. The molecule has 0 aliphatic carbocycles. The van der Waals surface area contributed by atoms with E-state index >= 15 is 0 Å². The first kappa shape index (κ1) is 15.8. The lowest BCUT2D eigenvalue weighted by Crippen LogP contribution is -2.23. The zero-order valence-electron chi connectivity index (χ0n) is 12.7. The summed E-state index contributed by atoms with van der Waals surface area (Å²) in [6.07, 6.45) is 0. The highest BCUT2D eigenvalue weighted by atomic mass is 32.2. The molecule has 3 aromatic rings. The molecule has 0 N–H and O–H groups in total. The van der Waals surface area contributed by atoms with Crippen molar-refractivity contribution in [2.24, 2.45) is 0 Å². The highest BCUT2D eigenvalue weighted by Crippen LogP contribution is 2.22. The number of benzene rings is 2. The lowest BCUT2D eigenvalue weighted by atomic mass is 10.3. The second-order valence-electron chi connectivity index (χ2n) is 4.88. The smallest absolute Gasteiger partial charge is 0.260 e. The molecular weight excluding hydrogens is 324 g/mol. The van der Waals surface area contributed by atoms with Crippen LogP contribution >= 0.6 is 24.0 Å². The number of para-hydroxylation sites is 2. The van der Waals surface area contributed by atoms with Crippen LogP contribution in [0, 0.1) is 4.77 Å². The molecule has 0 fully saturated rings. The van der Waals surface area contributed by atoms with E-state index in [4.69, 9.17) is 12.2 Å². The molecule has 1 aromatic heterocycles. The molecule has 2 aromatic carbocycles. The normalized spacial score (nSPS) is 10.7. The van der Waals surface area contributed by atoms with Gasteiger partial charge in [-0.15, -0.1) is 11.8 Å². The van der Waals surface area contributed by atoms with Gasteiger partial charge in [-0.1, -0.05) is 43.3 Å². The van der Waals surface area contributed by atoms with Crippen LogP contribution in [0.1, 0.15) is 6.92 Å². The van der Waals surface area contributed by atoms with Gasteiger partial charge in [-0.2, -0.15) is 0 Å². The van der Waals surface area contributed by atoms with E-state index < -0.39 is 0 Å². The van der Waals surface area contributed by atoms with Crippen molar-refractivity contribution in [3.63, 3.8) is 0 Å². The molecule has 23 heavy (non-hydrogen) atoms. The standard InChI is InChI=1S/C18H16N2OS2/c1-2-23-17-13-16(21)19(14-9-5-3-6-10-14)18(22)20(17)15-11-7-4-8-12-15/h3-13H,2H2,1H3. The number of hydrogen-bond acceptors (Lipinski definition) is 3. The van der Waals surface area contributed by atoms with Crippen LogP contribution in [-0.2, 0) is 0 Å². The predicted molar refractivity (Wildman–Crippen MR) is 98.6 cm³/mol. The minimum Gasteiger partial charge on any atom is -0.281 e. The van der Waals surface area contributed by atoms with E-state index in [-0.39, 0.29) is 5.56 Å². The van der Waals surface area contributed by atoms with Crippen LogP contribution in [0.25, 0.3) is 11.4 Å². The third kappa shape index (κ3) is 3.16. The zero-order chi connectivity index (χ0) is 16.2. The quantitative estimate of drug-likeness (QED) is 0.398. The average Bonchev–Trinajstić information content (AvgIpc) is 2.57. The Labute approximate surface area is 144 Å². The highest BCUT2D eigenvalue weighted by molar-refractivity contribution is 7.99. The Morgan fingerprint density at radius 2 is 1.43 bits per heavy atom. The molecule has 0 unspecified atom stereocenters. The Hall–Kier alpha value is -2.11. The third-order valence-electron chi connectivity index (χ3n) is 3.39. The number of rotatable bonds is 4. The van der Waals surface area contributed by atoms with Gasteiger partial charge in [0.15, 0.2) is 4.77 Å². The van der Waals surface area contributed by atoms with Crippen molar-refractivity contribution in [3.8, 4) is 11.4 Å². The zero-order valence-corrected chi connectivity index (χ0v) is 14.3. The van der Waals surface area contributed by atoms with Gasteiger partial charge in [0.2, 0.25) is 0 Å². The Morgan fingerprint density at radius 3 is 1.96 bits per heavy atom. The van der Waals surface area contributed by atoms with Crippen LogP contribution in [0.4, 0.5) is 0 Å². The fraction of sp³-hybridized carbons (Fsp3) is 0.111. The Bertz CT molecular complexity index is 915. The van der Waals surface area contributed by atoms with Crippen LogP contribution in [-0.4, -0.2) is 14.9 Å². The Kier molecular flexibility index (Phi) is 4.79. The largest absolute Gasteiger partial charge is 0.281 e. The molecular formula is C18H16N2OS2. The van der Waals surface area contributed by atoms with Gasteiger partial charge in [-0.05, 0) is 42.2 Å². The molecule has 0 saturated heterocycles. The highest BCUT2D eigenvalue weighted by Gasteiger charge is 2.11. The molecule has 0 saturated carbocycles. The Morgan fingerprint density at radius 1 is 0.913 bits per heavy atom. The Balaban J connectivity index is 2.33. The van der Waals surface area contributed by atoms with Gasteiger partial charge in [0.05, 0.1) is 10.7 Å². The molecule has 0 aliphatic heterocycles. The predicted octanol–water partition coefficient (Wildman–Crippen LogP) is 4.47. The van der Waals surface area contributed by atoms with E-state index in [0.29, 0.717) is 4.77 Å². The molecule has 3 rings (SSSR count). The summed E-state index contributed by atoms with van der Waals surface area (Å²) in [5, 5.41) is 0.862. The summed E-state index contributed by atoms with van der Waals surface area (Å²) in [6, 6.07) is 21.0. The summed E-state index contributed by atoms with van der Waals surface area (Å²) in [4.78, 5) is 12.6. The van der Waals surface area contributed by atoms with Crippen LogP contribution in [0.5, 0.6) is 0 Å². The van der Waals surface area contributed by atoms with Gasteiger partial charge in [0.1, 0.15) is 0 Å². The van der Waals surface area contributed by atoms with Gasteiger partial charge in [-0.25, -0.2) is 0 Å². The van der Waals surface area contributed by atoms with Crippen LogP contribution in [0.3, 0.4) is 0 Å². The van der Waals surface area contributed by atoms with Crippen LogP contribution < -0.4 is 5.56 Å². The number of nitrogens with zero attached hydrogens (tertiary/aromatic N) is 2. The first-order chi connectivity index (χ1) is 11.2. The second-order valence-corrected chi connectivity index (χ2v) is 6.53. The lowest BCUT2D eigenvalue weighted by molar-refractivity contribution is 0.774. The lowest BCUT2D eigenvalue weighted by Gasteiger charge is -2.16. The third-order valence-corrected chi connectivity index (χ3v) is 4.64. The van der Waals surface area contributed by atoms with Gasteiger partial charge in [0, 0.05) is 11.8 Å². The molecule has 0 bridgehead atoms. The maximum absolute atomic E-state index is 12.6. The fourth-order valence-corrected chi connectivity index (χ4v) is 3.66. The molecule has 5 heteroatoms. The van der Waals surface area contributed by atoms with Gasteiger partial charge in [-0.3, -0.25) is 13.9 Å². The maximum Gasteiger partial charge on any atom is 0.260 e. The molecule has 0 atom stereocenters. The monoisotopic (exact) mass is 340 g/mol. The van der Waals surface area contributed by atoms with E-state index in [9.17, 15) is 4.79 Å². The fourth-order valence-electron chi connectivity index (χ4n) is 2.41. The number of thioether (sulfide) groups is 1. The van der Waals surface area contributed by atoms with Crippen molar-refractivity contribution in [2.45, 2.75) is 11.9 Å². The van der Waals surface area contributed by atoms with Crippen molar-refractivity contribution in [1.29, 1.82) is 0 Å². The minimum absolute atomic E-state index is 0.107. The second kappa shape index (κ2) is 6.98. The summed E-state index contributed by atoms with van der Waals surface area (Å²) in [6.45, 7) is 2.06. The van der Waals surface area contributed by atoms with Crippen molar-refractivity contribution < 1.29 is 0 Å². The van der Waals surface area contributed by atoms with Gasteiger partial charge >= 0.3 is 0 Å². The maximum atomic E-state index is 12.6. The molecule has 0 radical (unpaired) electrons. The van der Waals surface area contributed by atoms with Crippen LogP contribution in [0.15, 0.2) is 76.6 Å². The topological polar surface area (TPSA) is 26.9 Å². The summed E-state index contributed by atoms with van der Waals surface area (Å²) >= 11 is 7.27. The van der Waals surface area contributed by atoms with Crippen molar-refractivity contribution in [2.75, 3.05) is 5.75 Å². The number of aromatic nitrogens is 2. The van der Waals surface area contributed by atoms with E-state index in [2.05, 4.69) is 6.92 Å². The van der Waals surface area contributed by atoms with Crippen LogP contribution in [0.2, 0.25) is 0 Å². The summed E-state index contributed by atoms with van der Waals surface area (Å²) < 4.78 is 4.01. The summed E-state index contributed by atoms with van der Waals surface area (Å²) in [5.41, 5.74) is 1.63. The number of hydrogen-bond donors (Lipinski definition) is 0. The molecule has 3 nitrogen and oxygen atoms in total. The molecule has 0 spiro atoms. The first-order valence-electron chi connectivity index (χ1n) is 7.35. The molecule has 0 amide bonds. The molecule has 1 heterocycles. The molecule has 116 valence electrons.